The average molecular weight is 431 g/mol. The number of pyridine rings is 2. The number of hydrogen-bond acceptors (Lipinski definition) is 4. The van der Waals surface area contributed by atoms with Gasteiger partial charge in [0, 0.05) is 29.8 Å². The zero-order valence-electron chi connectivity index (χ0n) is 18.0. The lowest BCUT2D eigenvalue weighted by Crippen LogP contribution is -2.50. The maximum Gasteiger partial charge on any atom is 0.322 e. The van der Waals surface area contributed by atoms with Gasteiger partial charge in [0.15, 0.2) is 0 Å². The number of aromatic amines is 1. The Bertz CT molecular complexity index is 1190. The molecule has 32 heavy (non-hydrogen) atoms. The van der Waals surface area contributed by atoms with Crippen LogP contribution in [0.5, 0.6) is 0 Å². The van der Waals surface area contributed by atoms with Crippen molar-refractivity contribution in [2.24, 2.45) is 5.92 Å². The summed E-state index contributed by atoms with van der Waals surface area (Å²) < 4.78 is 0. The standard InChI is InChI=1S/C24H25N5O3/c1-3-15(2)21-23(31)27-19-7-5-4-6-17(19)14-29(21)24(32)28-20-12-18(13-26-22(20)30)16-8-10-25-11-9-16/h4-13,15,21H,3,14H2,1-2H3,(H,26,30)(H,27,31)(H,28,32). The van der Waals surface area contributed by atoms with Crippen LogP contribution >= 0.6 is 0 Å². The van der Waals surface area contributed by atoms with Crippen LogP contribution < -0.4 is 16.2 Å². The van der Waals surface area contributed by atoms with Crippen LogP contribution in [0.3, 0.4) is 0 Å². The first-order chi connectivity index (χ1) is 15.5. The van der Waals surface area contributed by atoms with E-state index in [2.05, 4.69) is 20.6 Å². The van der Waals surface area contributed by atoms with Crippen molar-refractivity contribution >= 4 is 23.3 Å². The van der Waals surface area contributed by atoms with Crippen molar-refractivity contribution < 1.29 is 9.59 Å². The summed E-state index contributed by atoms with van der Waals surface area (Å²) in [6.07, 6.45) is 5.62. The summed E-state index contributed by atoms with van der Waals surface area (Å²) in [7, 11) is 0. The van der Waals surface area contributed by atoms with Crippen LogP contribution in [0.4, 0.5) is 16.2 Å². The first-order valence-electron chi connectivity index (χ1n) is 10.6. The van der Waals surface area contributed by atoms with Gasteiger partial charge in [-0.15, -0.1) is 0 Å². The molecule has 2 atom stereocenters. The SMILES string of the molecule is CCC(C)C1C(=O)Nc2ccccc2CN1C(=O)Nc1cc(-c2ccncc2)c[nH]c1=O. The van der Waals surface area contributed by atoms with Gasteiger partial charge in [-0.05, 0) is 41.3 Å². The van der Waals surface area contributed by atoms with E-state index in [1.807, 2.05) is 50.2 Å². The van der Waals surface area contributed by atoms with Crippen LogP contribution in [0.25, 0.3) is 11.1 Å². The van der Waals surface area contributed by atoms with Gasteiger partial charge >= 0.3 is 6.03 Å². The normalized spacial score (nSPS) is 16.5. The zero-order valence-corrected chi connectivity index (χ0v) is 18.0. The number of hydrogen-bond donors (Lipinski definition) is 3. The Balaban J connectivity index is 1.67. The second-order valence-corrected chi connectivity index (χ2v) is 7.90. The number of para-hydroxylation sites is 1. The van der Waals surface area contributed by atoms with Gasteiger partial charge in [0.2, 0.25) is 5.91 Å². The van der Waals surface area contributed by atoms with Crippen LogP contribution in [0.1, 0.15) is 25.8 Å². The molecule has 0 bridgehead atoms. The number of fused-ring (bicyclic) bond motifs is 1. The Hall–Kier alpha value is -3.94. The van der Waals surface area contributed by atoms with Gasteiger partial charge in [0.25, 0.3) is 5.56 Å². The van der Waals surface area contributed by atoms with Crippen molar-refractivity contribution in [3.63, 3.8) is 0 Å². The molecule has 3 N–H and O–H groups in total. The van der Waals surface area contributed by atoms with E-state index in [0.29, 0.717) is 5.69 Å². The number of anilines is 2. The molecule has 3 heterocycles. The van der Waals surface area contributed by atoms with Gasteiger partial charge in [-0.1, -0.05) is 38.5 Å². The molecule has 8 heteroatoms. The number of carbonyl (C=O) groups is 2. The summed E-state index contributed by atoms with van der Waals surface area (Å²) in [5.74, 6) is -0.310. The van der Waals surface area contributed by atoms with E-state index >= 15 is 0 Å². The third-order valence-electron chi connectivity index (χ3n) is 5.82. The topological polar surface area (TPSA) is 107 Å². The van der Waals surface area contributed by atoms with Crippen molar-refractivity contribution in [3.8, 4) is 11.1 Å². The van der Waals surface area contributed by atoms with E-state index in [9.17, 15) is 14.4 Å². The fraction of sp³-hybridized carbons (Fsp3) is 0.250. The Morgan fingerprint density at radius 1 is 1.19 bits per heavy atom. The fourth-order valence-electron chi connectivity index (χ4n) is 3.87. The number of benzene rings is 1. The minimum atomic E-state index is -0.671. The van der Waals surface area contributed by atoms with Crippen LogP contribution in [-0.2, 0) is 11.3 Å². The Kier molecular flexibility index (Phi) is 6.02. The molecule has 8 nitrogen and oxygen atoms in total. The number of aromatic nitrogens is 2. The molecular formula is C24H25N5O3. The van der Waals surface area contributed by atoms with Crippen molar-refractivity contribution in [1.82, 2.24) is 14.9 Å². The molecule has 3 aromatic rings. The predicted molar refractivity (Wildman–Crippen MR) is 123 cm³/mol. The molecule has 0 spiro atoms. The van der Waals surface area contributed by atoms with E-state index in [1.165, 1.54) is 4.90 Å². The molecule has 2 unspecified atom stereocenters. The molecule has 164 valence electrons. The van der Waals surface area contributed by atoms with E-state index in [1.54, 1.807) is 24.7 Å². The van der Waals surface area contributed by atoms with Crippen LogP contribution in [0, 0.1) is 5.92 Å². The number of nitrogens with one attached hydrogen (secondary N) is 3. The molecule has 1 aliphatic heterocycles. The summed E-state index contributed by atoms with van der Waals surface area (Å²) in [6, 6.07) is 11.5. The first-order valence-corrected chi connectivity index (χ1v) is 10.6. The quantitative estimate of drug-likeness (QED) is 0.583. The maximum atomic E-state index is 13.4. The molecular weight excluding hydrogens is 406 g/mol. The molecule has 1 aromatic carbocycles. The van der Waals surface area contributed by atoms with Crippen molar-refractivity contribution in [3.05, 3.63) is 77.0 Å². The molecule has 1 aliphatic rings. The highest BCUT2D eigenvalue weighted by Gasteiger charge is 2.36. The second kappa shape index (κ2) is 9.05. The average Bonchev–Trinajstić information content (AvgIpc) is 2.96. The predicted octanol–water partition coefficient (Wildman–Crippen LogP) is 3.84. The lowest BCUT2D eigenvalue weighted by molar-refractivity contribution is -0.121. The Morgan fingerprint density at radius 3 is 2.69 bits per heavy atom. The minimum absolute atomic E-state index is 0.0727. The number of rotatable bonds is 4. The highest BCUT2D eigenvalue weighted by Crippen LogP contribution is 2.28. The second-order valence-electron chi connectivity index (χ2n) is 7.90. The zero-order chi connectivity index (χ0) is 22.7. The van der Waals surface area contributed by atoms with E-state index in [-0.39, 0.29) is 24.1 Å². The van der Waals surface area contributed by atoms with Crippen molar-refractivity contribution in [1.29, 1.82) is 0 Å². The Labute approximate surface area is 185 Å². The summed E-state index contributed by atoms with van der Waals surface area (Å²) in [4.78, 5) is 47.0. The summed E-state index contributed by atoms with van der Waals surface area (Å²) in [5, 5.41) is 5.67. The number of carbonyl (C=O) groups excluding carboxylic acids is 2. The van der Waals surface area contributed by atoms with Crippen LogP contribution in [-0.4, -0.2) is 32.8 Å². The molecule has 0 aliphatic carbocycles. The minimum Gasteiger partial charge on any atom is -0.327 e. The lowest BCUT2D eigenvalue weighted by atomic mass is 9.97. The summed E-state index contributed by atoms with van der Waals surface area (Å²) in [6.45, 7) is 4.17. The molecule has 2 aromatic heterocycles. The number of urea groups is 1. The first kappa shape index (κ1) is 21.3. The molecule has 4 rings (SSSR count). The summed E-state index contributed by atoms with van der Waals surface area (Å²) in [5.41, 5.74) is 2.81. The molecule has 0 radical (unpaired) electrons. The van der Waals surface area contributed by atoms with Gasteiger partial charge in [0.1, 0.15) is 11.7 Å². The van der Waals surface area contributed by atoms with Gasteiger partial charge in [-0.2, -0.15) is 0 Å². The maximum absolute atomic E-state index is 13.4. The highest BCUT2D eigenvalue weighted by molar-refractivity contribution is 6.01. The largest absolute Gasteiger partial charge is 0.327 e. The lowest BCUT2D eigenvalue weighted by Gasteiger charge is -2.32. The van der Waals surface area contributed by atoms with E-state index in [4.69, 9.17) is 0 Å². The highest BCUT2D eigenvalue weighted by atomic mass is 16.2. The van der Waals surface area contributed by atoms with E-state index in [0.717, 1.165) is 23.1 Å². The van der Waals surface area contributed by atoms with Gasteiger partial charge < -0.3 is 20.5 Å². The monoisotopic (exact) mass is 431 g/mol. The van der Waals surface area contributed by atoms with Gasteiger partial charge in [-0.25, -0.2) is 4.79 Å². The van der Waals surface area contributed by atoms with Crippen LogP contribution in [0.2, 0.25) is 0 Å². The fourth-order valence-corrected chi connectivity index (χ4v) is 3.87. The van der Waals surface area contributed by atoms with Crippen molar-refractivity contribution in [2.75, 3.05) is 10.6 Å². The number of amides is 3. The molecule has 3 amide bonds. The summed E-state index contributed by atoms with van der Waals surface area (Å²) >= 11 is 0. The van der Waals surface area contributed by atoms with Gasteiger partial charge in [-0.3, -0.25) is 14.6 Å². The number of H-pyrrole nitrogens is 1. The molecule has 0 saturated heterocycles. The van der Waals surface area contributed by atoms with Crippen molar-refractivity contribution in [2.45, 2.75) is 32.9 Å². The Morgan fingerprint density at radius 2 is 1.94 bits per heavy atom. The smallest absolute Gasteiger partial charge is 0.322 e. The molecule has 0 fully saturated rings. The van der Waals surface area contributed by atoms with Gasteiger partial charge in [0.05, 0.1) is 6.54 Å². The number of nitrogens with zero attached hydrogens (tertiary/aromatic N) is 2. The third kappa shape index (κ3) is 4.25. The van der Waals surface area contributed by atoms with Crippen LogP contribution in [0.15, 0.2) is 65.8 Å². The van der Waals surface area contributed by atoms with E-state index < -0.39 is 17.6 Å². The molecule has 0 saturated carbocycles. The third-order valence-corrected chi connectivity index (χ3v) is 5.82.